The van der Waals surface area contributed by atoms with Crippen LogP contribution in [0.5, 0.6) is 0 Å². The SMILES string of the molecule is O=C1COC(=O)N1C1CCN(S(=O)(=O)c2ccc(-c3cccc(C(F)(F)F)c3)cc2)C1. The van der Waals surface area contributed by atoms with Gasteiger partial charge in [-0.05, 0) is 41.8 Å². The lowest BCUT2D eigenvalue weighted by Crippen LogP contribution is -2.42. The van der Waals surface area contributed by atoms with Gasteiger partial charge in [0.15, 0.2) is 6.61 Å². The molecule has 0 saturated carbocycles. The van der Waals surface area contributed by atoms with Crippen LogP contribution in [0.25, 0.3) is 11.1 Å². The molecule has 164 valence electrons. The van der Waals surface area contributed by atoms with Crippen molar-refractivity contribution in [2.24, 2.45) is 0 Å². The number of benzene rings is 2. The maximum absolute atomic E-state index is 12.9. The molecule has 2 amide bonds. The summed E-state index contributed by atoms with van der Waals surface area (Å²) in [5, 5.41) is 0. The van der Waals surface area contributed by atoms with Crippen LogP contribution in [0.15, 0.2) is 53.4 Å². The summed E-state index contributed by atoms with van der Waals surface area (Å²) in [6.45, 7) is -0.267. The van der Waals surface area contributed by atoms with Crippen LogP contribution in [-0.2, 0) is 25.7 Å². The second-order valence-electron chi connectivity index (χ2n) is 7.23. The number of imide groups is 1. The van der Waals surface area contributed by atoms with Gasteiger partial charge >= 0.3 is 12.3 Å². The van der Waals surface area contributed by atoms with Gasteiger partial charge in [0.1, 0.15) is 0 Å². The van der Waals surface area contributed by atoms with Crippen LogP contribution in [0.4, 0.5) is 18.0 Å². The van der Waals surface area contributed by atoms with Gasteiger partial charge in [0.25, 0.3) is 5.91 Å². The maximum Gasteiger partial charge on any atom is 0.417 e. The fraction of sp³-hybridized carbons (Fsp3) is 0.300. The molecule has 0 spiro atoms. The molecule has 2 aliphatic rings. The molecule has 0 aliphatic carbocycles. The number of sulfonamides is 1. The average Bonchev–Trinajstić information content (AvgIpc) is 3.34. The Bertz CT molecular complexity index is 1120. The Kier molecular flexibility index (Phi) is 5.26. The molecule has 2 aliphatic heterocycles. The molecule has 7 nitrogen and oxygen atoms in total. The number of amides is 2. The molecule has 31 heavy (non-hydrogen) atoms. The van der Waals surface area contributed by atoms with Crippen molar-refractivity contribution in [3.63, 3.8) is 0 Å². The zero-order valence-electron chi connectivity index (χ0n) is 16.0. The van der Waals surface area contributed by atoms with Gasteiger partial charge in [-0.2, -0.15) is 17.5 Å². The lowest BCUT2D eigenvalue weighted by Gasteiger charge is -2.20. The van der Waals surface area contributed by atoms with E-state index in [4.69, 9.17) is 0 Å². The second-order valence-corrected chi connectivity index (χ2v) is 9.16. The molecule has 1 unspecified atom stereocenters. The first-order valence-electron chi connectivity index (χ1n) is 9.34. The van der Waals surface area contributed by atoms with Crippen molar-refractivity contribution in [2.75, 3.05) is 19.7 Å². The third kappa shape index (κ3) is 4.02. The summed E-state index contributed by atoms with van der Waals surface area (Å²) in [4.78, 5) is 24.4. The number of hydrogen-bond acceptors (Lipinski definition) is 5. The quantitative estimate of drug-likeness (QED) is 0.709. The van der Waals surface area contributed by atoms with Crippen LogP contribution >= 0.6 is 0 Å². The monoisotopic (exact) mass is 454 g/mol. The van der Waals surface area contributed by atoms with E-state index in [0.717, 1.165) is 17.0 Å². The molecule has 4 rings (SSSR count). The van der Waals surface area contributed by atoms with E-state index in [1.165, 1.54) is 40.7 Å². The summed E-state index contributed by atoms with van der Waals surface area (Å²) in [5.74, 6) is -0.500. The highest BCUT2D eigenvalue weighted by atomic mass is 32.2. The van der Waals surface area contributed by atoms with Gasteiger partial charge in [-0.3, -0.25) is 4.79 Å². The predicted molar refractivity (Wildman–Crippen MR) is 102 cm³/mol. The molecule has 1 atom stereocenters. The van der Waals surface area contributed by atoms with E-state index in [-0.39, 0.29) is 24.6 Å². The van der Waals surface area contributed by atoms with E-state index >= 15 is 0 Å². The van der Waals surface area contributed by atoms with Crippen molar-refractivity contribution in [3.05, 3.63) is 54.1 Å². The van der Waals surface area contributed by atoms with Gasteiger partial charge in [0, 0.05) is 13.1 Å². The minimum absolute atomic E-state index is 0.0285. The van der Waals surface area contributed by atoms with E-state index in [1.54, 1.807) is 0 Å². The van der Waals surface area contributed by atoms with E-state index in [0.29, 0.717) is 17.5 Å². The largest absolute Gasteiger partial charge is 0.439 e. The normalized spacial score (nSPS) is 20.4. The minimum Gasteiger partial charge on any atom is -0.439 e. The van der Waals surface area contributed by atoms with Crippen molar-refractivity contribution >= 4 is 22.0 Å². The van der Waals surface area contributed by atoms with Crippen LogP contribution in [0, 0.1) is 0 Å². The summed E-state index contributed by atoms with van der Waals surface area (Å²) < 4.78 is 70.5. The highest BCUT2D eigenvalue weighted by Gasteiger charge is 2.43. The third-order valence-electron chi connectivity index (χ3n) is 5.29. The first kappa shape index (κ1) is 21.3. The van der Waals surface area contributed by atoms with Crippen molar-refractivity contribution < 1.29 is 35.9 Å². The van der Waals surface area contributed by atoms with Crippen LogP contribution in [-0.4, -0.2) is 55.4 Å². The van der Waals surface area contributed by atoms with Gasteiger partial charge in [0.05, 0.1) is 16.5 Å². The summed E-state index contributed by atoms with van der Waals surface area (Å²) in [6, 6.07) is 9.71. The van der Waals surface area contributed by atoms with Crippen molar-refractivity contribution in [2.45, 2.75) is 23.5 Å². The van der Waals surface area contributed by atoms with Gasteiger partial charge in [0.2, 0.25) is 10.0 Å². The highest BCUT2D eigenvalue weighted by Crippen LogP contribution is 2.33. The number of ether oxygens (including phenoxy) is 1. The fourth-order valence-corrected chi connectivity index (χ4v) is 5.19. The van der Waals surface area contributed by atoms with Gasteiger partial charge < -0.3 is 4.74 Å². The van der Waals surface area contributed by atoms with Crippen LogP contribution in [0.2, 0.25) is 0 Å². The van der Waals surface area contributed by atoms with Crippen molar-refractivity contribution in [3.8, 4) is 11.1 Å². The number of cyclic esters (lactones) is 1. The van der Waals surface area contributed by atoms with E-state index < -0.39 is 39.8 Å². The highest BCUT2D eigenvalue weighted by molar-refractivity contribution is 7.89. The number of carbonyl (C=O) groups is 2. The Morgan fingerprint density at radius 1 is 1.00 bits per heavy atom. The molecule has 2 aromatic carbocycles. The fourth-order valence-electron chi connectivity index (χ4n) is 3.70. The molecule has 2 fully saturated rings. The summed E-state index contributed by atoms with van der Waals surface area (Å²) >= 11 is 0. The van der Waals surface area contributed by atoms with E-state index in [2.05, 4.69) is 4.74 Å². The smallest absolute Gasteiger partial charge is 0.417 e. The molecular formula is C20H17F3N2O5S. The lowest BCUT2D eigenvalue weighted by atomic mass is 10.0. The zero-order valence-corrected chi connectivity index (χ0v) is 16.8. The molecule has 2 aromatic rings. The Labute approximate surface area is 176 Å². The summed E-state index contributed by atoms with van der Waals surface area (Å²) in [7, 11) is -3.90. The predicted octanol–water partition coefficient (Wildman–Crippen LogP) is 3.11. The van der Waals surface area contributed by atoms with Crippen LogP contribution in [0.3, 0.4) is 0 Å². The Hall–Kier alpha value is -2.92. The molecule has 2 saturated heterocycles. The number of nitrogens with zero attached hydrogens (tertiary/aromatic N) is 2. The van der Waals surface area contributed by atoms with Gasteiger partial charge in [-0.25, -0.2) is 18.1 Å². The number of hydrogen-bond donors (Lipinski definition) is 0. The molecule has 0 N–H and O–H groups in total. The van der Waals surface area contributed by atoms with Crippen molar-refractivity contribution in [1.29, 1.82) is 0 Å². The van der Waals surface area contributed by atoms with Gasteiger partial charge in [-0.1, -0.05) is 24.3 Å². The molecule has 2 heterocycles. The number of carbonyl (C=O) groups excluding carboxylic acids is 2. The van der Waals surface area contributed by atoms with E-state index in [9.17, 15) is 31.2 Å². The molecule has 0 radical (unpaired) electrons. The summed E-state index contributed by atoms with van der Waals surface area (Å²) in [6.07, 6.45) is -4.96. The number of rotatable bonds is 4. The average molecular weight is 454 g/mol. The first-order chi connectivity index (χ1) is 14.6. The third-order valence-corrected chi connectivity index (χ3v) is 7.17. The lowest BCUT2D eigenvalue weighted by molar-refractivity contribution is -0.137. The number of halogens is 3. The minimum atomic E-state index is -4.48. The Morgan fingerprint density at radius 2 is 1.71 bits per heavy atom. The topological polar surface area (TPSA) is 84.0 Å². The molecule has 11 heteroatoms. The van der Waals surface area contributed by atoms with Crippen LogP contribution in [0.1, 0.15) is 12.0 Å². The maximum atomic E-state index is 12.9. The zero-order chi connectivity index (χ0) is 22.4. The molecule has 0 bridgehead atoms. The molecular weight excluding hydrogens is 437 g/mol. The van der Waals surface area contributed by atoms with E-state index in [1.807, 2.05) is 0 Å². The van der Waals surface area contributed by atoms with Gasteiger partial charge in [-0.15, -0.1) is 0 Å². The van der Waals surface area contributed by atoms with Crippen LogP contribution < -0.4 is 0 Å². The first-order valence-corrected chi connectivity index (χ1v) is 10.8. The number of alkyl halides is 3. The second kappa shape index (κ2) is 7.65. The van der Waals surface area contributed by atoms with Crippen molar-refractivity contribution in [1.82, 2.24) is 9.21 Å². The standard InChI is InChI=1S/C20H17F3N2O5S/c21-20(22,23)15-3-1-2-14(10-15)13-4-6-17(7-5-13)31(28,29)24-9-8-16(11-24)25-18(26)12-30-19(25)27/h1-7,10,16H,8-9,11-12H2. The Balaban J connectivity index is 1.53. The Morgan fingerprint density at radius 3 is 2.32 bits per heavy atom. The molecule has 0 aromatic heterocycles. The summed E-state index contributed by atoms with van der Waals surface area (Å²) in [5.41, 5.74) is -0.0411.